The van der Waals surface area contributed by atoms with Crippen LogP contribution in [0.1, 0.15) is 26.8 Å². The number of rotatable bonds is 3. The Morgan fingerprint density at radius 1 is 1.16 bits per heavy atom. The van der Waals surface area contributed by atoms with Gasteiger partial charge in [0.15, 0.2) is 5.82 Å². The van der Waals surface area contributed by atoms with Crippen molar-refractivity contribution < 1.29 is 0 Å². The van der Waals surface area contributed by atoms with E-state index < -0.39 is 0 Å². The molecule has 1 aliphatic rings. The summed E-state index contributed by atoms with van der Waals surface area (Å²) in [6, 6.07) is 7.68. The van der Waals surface area contributed by atoms with Gasteiger partial charge in [0.05, 0.1) is 16.4 Å². The minimum Gasteiger partial charge on any atom is -0.293 e. The number of hydrogen-bond acceptors (Lipinski definition) is 5. The van der Waals surface area contributed by atoms with Gasteiger partial charge in [0.25, 0.3) is 0 Å². The van der Waals surface area contributed by atoms with Crippen molar-refractivity contribution in [3.05, 3.63) is 62.3 Å². The van der Waals surface area contributed by atoms with E-state index >= 15 is 0 Å². The highest BCUT2D eigenvalue weighted by atomic mass is 35.5. The molecule has 0 N–H and O–H groups in total. The quantitative estimate of drug-likeness (QED) is 0.684. The van der Waals surface area contributed by atoms with Gasteiger partial charge in [-0.15, -0.1) is 11.3 Å². The minimum absolute atomic E-state index is 0.728. The minimum atomic E-state index is 0.728. The summed E-state index contributed by atoms with van der Waals surface area (Å²) >= 11 is 7.76. The van der Waals surface area contributed by atoms with Gasteiger partial charge in [-0.05, 0) is 38.1 Å². The zero-order valence-corrected chi connectivity index (χ0v) is 15.9. The van der Waals surface area contributed by atoms with Crippen molar-refractivity contribution in [3.8, 4) is 11.4 Å². The van der Waals surface area contributed by atoms with Gasteiger partial charge in [0.1, 0.15) is 0 Å². The second kappa shape index (κ2) is 6.83. The number of fused-ring (bicyclic) bond motifs is 1. The maximum atomic E-state index is 5.96. The first kappa shape index (κ1) is 16.6. The lowest BCUT2D eigenvalue weighted by molar-refractivity contribution is 0.244. The molecule has 0 atom stereocenters. The van der Waals surface area contributed by atoms with E-state index in [2.05, 4.69) is 28.7 Å². The molecule has 6 heteroatoms. The third-order valence-corrected chi connectivity index (χ3v) is 5.79. The Labute approximate surface area is 156 Å². The molecule has 0 spiro atoms. The van der Waals surface area contributed by atoms with Gasteiger partial charge in [-0.3, -0.25) is 4.90 Å². The van der Waals surface area contributed by atoms with Crippen LogP contribution in [-0.2, 0) is 19.5 Å². The van der Waals surface area contributed by atoms with Crippen molar-refractivity contribution in [3.63, 3.8) is 0 Å². The molecule has 0 aliphatic carbocycles. The number of nitrogens with zero attached hydrogens (tertiary/aromatic N) is 4. The molecule has 3 heterocycles. The van der Waals surface area contributed by atoms with Gasteiger partial charge < -0.3 is 0 Å². The summed E-state index contributed by atoms with van der Waals surface area (Å²) in [7, 11) is 0. The van der Waals surface area contributed by atoms with Crippen LogP contribution in [0.2, 0.25) is 5.02 Å². The van der Waals surface area contributed by atoms with E-state index in [1.54, 1.807) is 11.3 Å². The summed E-state index contributed by atoms with van der Waals surface area (Å²) < 4.78 is 0. The second-order valence-corrected chi connectivity index (χ2v) is 8.10. The third kappa shape index (κ3) is 3.59. The Kier molecular flexibility index (Phi) is 4.54. The molecule has 25 heavy (non-hydrogen) atoms. The molecule has 1 aromatic carbocycles. The van der Waals surface area contributed by atoms with E-state index in [1.165, 1.54) is 10.4 Å². The topological polar surface area (TPSA) is 41.9 Å². The van der Waals surface area contributed by atoms with Crippen LogP contribution in [0, 0.1) is 13.8 Å². The van der Waals surface area contributed by atoms with Crippen molar-refractivity contribution >= 4 is 22.9 Å². The molecular formula is C19H19ClN4S. The summed E-state index contributed by atoms with van der Waals surface area (Å²) in [6.07, 6.45) is 2.93. The molecule has 4 nitrogen and oxygen atoms in total. The van der Waals surface area contributed by atoms with Crippen LogP contribution in [0.3, 0.4) is 0 Å². The number of benzene rings is 1. The summed E-state index contributed by atoms with van der Waals surface area (Å²) in [5.74, 6) is 0.776. The maximum absolute atomic E-state index is 5.96. The average Bonchev–Trinajstić information content (AvgIpc) is 2.92. The Balaban J connectivity index is 1.52. The molecule has 0 bridgehead atoms. The predicted octanol–water partition coefficient (Wildman–Crippen LogP) is 4.43. The molecule has 0 saturated heterocycles. The van der Waals surface area contributed by atoms with Crippen LogP contribution in [0.25, 0.3) is 11.4 Å². The van der Waals surface area contributed by atoms with Crippen LogP contribution >= 0.6 is 22.9 Å². The smallest absolute Gasteiger partial charge is 0.159 e. The normalized spacial score (nSPS) is 14.5. The highest BCUT2D eigenvalue weighted by Gasteiger charge is 2.20. The molecule has 2 aromatic heterocycles. The molecule has 1 aliphatic heterocycles. The van der Waals surface area contributed by atoms with E-state index in [4.69, 9.17) is 16.6 Å². The number of aryl methyl sites for hydroxylation is 2. The largest absolute Gasteiger partial charge is 0.293 e. The fourth-order valence-electron chi connectivity index (χ4n) is 3.17. The van der Waals surface area contributed by atoms with Gasteiger partial charge in [0.2, 0.25) is 0 Å². The SMILES string of the molecule is Cc1nc(C)c(CN2CCc3nc(-c4ccc(Cl)cc4)ncc3C2)s1. The van der Waals surface area contributed by atoms with Crippen LogP contribution in [-0.4, -0.2) is 26.4 Å². The Morgan fingerprint density at radius 2 is 1.96 bits per heavy atom. The molecule has 3 aromatic rings. The monoisotopic (exact) mass is 370 g/mol. The summed E-state index contributed by atoms with van der Waals surface area (Å²) in [6.45, 7) is 7.03. The van der Waals surface area contributed by atoms with Gasteiger partial charge in [-0.2, -0.15) is 0 Å². The number of halogens is 1. The summed E-state index contributed by atoms with van der Waals surface area (Å²) in [5.41, 5.74) is 4.55. The van der Waals surface area contributed by atoms with E-state index in [0.29, 0.717) is 0 Å². The lowest BCUT2D eigenvalue weighted by Gasteiger charge is -2.27. The fourth-order valence-corrected chi connectivity index (χ4v) is 4.28. The molecule has 0 amide bonds. The Hall–Kier alpha value is -1.82. The number of thiazole rings is 1. The molecular weight excluding hydrogens is 352 g/mol. The van der Waals surface area contributed by atoms with Crippen molar-refractivity contribution in [2.75, 3.05) is 6.54 Å². The molecule has 0 saturated carbocycles. The zero-order valence-electron chi connectivity index (χ0n) is 14.3. The highest BCUT2D eigenvalue weighted by molar-refractivity contribution is 7.11. The van der Waals surface area contributed by atoms with Crippen molar-refractivity contribution in [2.24, 2.45) is 0 Å². The van der Waals surface area contributed by atoms with Gasteiger partial charge in [-0.1, -0.05) is 11.6 Å². The van der Waals surface area contributed by atoms with E-state index in [-0.39, 0.29) is 0 Å². The standard InChI is InChI=1S/C19H19ClN4S/c1-12-18(25-13(2)22-12)11-24-8-7-17-15(10-24)9-21-19(23-17)14-3-5-16(20)6-4-14/h3-6,9H,7-8,10-11H2,1-2H3. The van der Waals surface area contributed by atoms with Crippen molar-refractivity contribution in [1.82, 2.24) is 19.9 Å². The third-order valence-electron chi connectivity index (χ3n) is 4.48. The van der Waals surface area contributed by atoms with Gasteiger partial charge >= 0.3 is 0 Å². The molecule has 4 rings (SSSR count). The zero-order chi connectivity index (χ0) is 17.4. The molecule has 0 unspecified atom stereocenters. The van der Waals surface area contributed by atoms with Crippen LogP contribution in [0.15, 0.2) is 30.5 Å². The number of hydrogen-bond donors (Lipinski definition) is 0. The second-order valence-electron chi connectivity index (χ2n) is 6.37. The fraction of sp³-hybridized carbons (Fsp3) is 0.316. The lowest BCUT2D eigenvalue weighted by Crippen LogP contribution is -2.30. The average molecular weight is 371 g/mol. The van der Waals surface area contributed by atoms with Crippen LogP contribution in [0.4, 0.5) is 0 Å². The first-order chi connectivity index (χ1) is 12.1. The van der Waals surface area contributed by atoms with E-state index in [1.807, 2.05) is 30.5 Å². The summed E-state index contributed by atoms with van der Waals surface area (Å²) in [4.78, 5) is 17.7. The predicted molar refractivity (Wildman–Crippen MR) is 102 cm³/mol. The Morgan fingerprint density at radius 3 is 2.68 bits per heavy atom. The first-order valence-corrected chi connectivity index (χ1v) is 9.54. The van der Waals surface area contributed by atoms with Crippen molar-refractivity contribution in [1.29, 1.82) is 0 Å². The lowest BCUT2D eigenvalue weighted by atomic mass is 10.1. The molecule has 0 fully saturated rings. The highest BCUT2D eigenvalue weighted by Crippen LogP contribution is 2.25. The molecule has 128 valence electrons. The first-order valence-electron chi connectivity index (χ1n) is 8.34. The summed E-state index contributed by atoms with van der Waals surface area (Å²) in [5, 5.41) is 1.87. The van der Waals surface area contributed by atoms with E-state index in [0.717, 1.165) is 58.9 Å². The van der Waals surface area contributed by atoms with Crippen molar-refractivity contribution in [2.45, 2.75) is 33.4 Å². The number of aromatic nitrogens is 3. The Bertz CT molecular complexity index is 904. The van der Waals surface area contributed by atoms with E-state index in [9.17, 15) is 0 Å². The maximum Gasteiger partial charge on any atom is 0.159 e. The van der Waals surface area contributed by atoms with Crippen LogP contribution in [0.5, 0.6) is 0 Å². The van der Waals surface area contributed by atoms with Crippen LogP contribution < -0.4 is 0 Å². The van der Waals surface area contributed by atoms with Gasteiger partial charge in [-0.25, -0.2) is 15.0 Å². The molecule has 0 radical (unpaired) electrons. The van der Waals surface area contributed by atoms with Gasteiger partial charge in [0, 0.05) is 53.3 Å².